The summed E-state index contributed by atoms with van der Waals surface area (Å²) in [7, 11) is -1.85. The van der Waals surface area contributed by atoms with Crippen LogP contribution in [0.2, 0.25) is 0 Å². The molecule has 0 spiro atoms. The molecule has 30 heavy (non-hydrogen) atoms. The Hall–Kier alpha value is -2.45. The summed E-state index contributed by atoms with van der Waals surface area (Å²) < 4.78 is 24.2. The van der Waals surface area contributed by atoms with E-state index in [1.54, 1.807) is 50.4 Å². The number of aliphatic hydroxyl groups is 1. The first-order valence-corrected chi connectivity index (χ1v) is 11.1. The van der Waals surface area contributed by atoms with Crippen LogP contribution in [0.1, 0.15) is 35.5 Å². The number of aliphatic hydroxyl groups excluding tert-OH is 1. The van der Waals surface area contributed by atoms with Crippen molar-refractivity contribution in [2.75, 3.05) is 24.7 Å². The topological polar surface area (TPSA) is 120 Å². The second-order valence-electron chi connectivity index (χ2n) is 7.02. The number of ether oxygens (including phenoxy) is 1. The summed E-state index contributed by atoms with van der Waals surface area (Å²) in [6.07, 6.45) is 1.03. The van der Waals surface area contributed by atoms with Crippen molar-refractivity contribution in [3.63, 3.8) is 0 Å². The SMILES string of the molecule is CCO[P+](=O)C[C@H]1C[C@H](n2cc(C)c(NC(=O)c3ccccc3)nc2=O)O[C@@H]1CO. The summed E-state index contributed by atoms with van der Waals surface area (Å²) in [5.41, 5.74) is 0.464. The van der Waals surface area contributed by atoms with Gasteiger partial charge in [-0.2, -0.15) is 4.98 Å². The Labute approximate surface area is 174 Å². The molecule has 0 radical (unpaired) electrons. The fourth-order valence-electron chi connectivity index (χ4n) is 3.40. The summed E-state index contributed by atoms with van der Waals surface area (Å²) >= 11 is 0. The predicted molar refractivity (Wildman–Crippen MR) is 111 cm³/mol. The molecule has 160 valence electrons. The van der Waals surface area contributed by atoms with E-state index in [-0.39, 0.29) is 30.4 Å². The zero-order valence-electron chi connectivity index (χ0n) is 16.9. The van der Waals surface area contributed by atoms with Crippen LogP contribution in [0, 0.1) is 12.8 Å². The van der Waals surface area contributed by atoms with Gasteiger partial charge in [-0.25, -0.2) is 4.79 Å². The minimum Gasteiger partial charge on any atom is -0.394 e. The zero-order valence-corrected chi connectivity index (χ0v) is 17.7. The maximum atomic E-state index is 12.6. The number of aryl methyl sites for hydroxylation is 1. The van der Waals surface area contributed by atoms with Crippen LogP contribution in [0.25, 0.3) is 0 Å². The van der Waals surface area contributed by atoms with Crippen LogP contribution in [0.15, 0.2) is 41.3 Å². The monoisotopic (exact) mass is 434 g/mol. The minimum atomic E-state index is -1.85. The Bertz CT molecular complexity index is 965. The molecular formula is C20H25N3O6P+. The lowest BCUT2D eigenvalue weighted by Crippen LogP contribution is -2.29. The third-order valence-corrected chi connectivity index (χ3v) is 6.22. The van der Waals surface area contributed by atoms with Gasteiger partial charge in [-0.15, -0.1) is 4.52 Å². The lowest BCUT2D eigenvalue weighted by atomic mass is 10.0. The Morgan fingerprint density at radius 2 is 2.13 bits per heavy atom. The Balaban J connectivity index is 1.76. The van der Waals surface area contributed by atoms with E-state index >= 15 is 0 Å². The number of nitrogens with zero attached hydrogens (tertiary/aromatic N) is 2. The third kappa shape index (κ3) is 5.17. The molecule has 1 aromatic carbocycles. The van der Waals surface area contributed by atoms with Crippen molar-refractivity contribution in [2.24, 2.45) is 5.92 Å². The van der Waals surface area contributed by atoms with E-state index in [0.29, 0.717) is 24.2 Å². The lowest BCUT2D eigenvalue weighted by Gasteiger charge is -2.16. The molecule has 10 heteroatoms. The Morgan fingerprint density at radius 1 is 1.40 bits per heavy atom. The van der Waals surface area contributed by atoms with Gasteiger partial charge in [0.05, 0.1) is 19.3 Å². The predicted octanol–water partition coefficient (Wildman–Crippen LogP) is 2.48. The largest absolute Gasteiger partial charge is 0.508 e. The van der Waals surface area contributed by atoms with Crippen molar-refractivity contribution >= 4 is 19.8 Å². The van der Waals surface area contributed by atoms with Crippen molar-refractivity contribution in [1.82, 2.24) is 9.55 Å². The number of carbonyl (C=O) groups excluding carboxylic acids is 1. The van der Waals surface area contributed by atoms with Crippen LogP contribution in [-0.4, -0.2) is 46.0 Å². The van der Waals surface area contributed by atoms with Gasteiger partial charge in [0.25, 0.3) is 5.91 Å². The number of nitrogens with one attached hydrogen (secondary N) is 1. The Kier molecular flexibility index (Phi) is 7.44. The van der Waals surface area contributed by atoms with Crippen molar-refractivity contribution in [2.45, 2.75) is 32.6 Å². The van der Waals surface area contributed by atoms with Crippen LogP contribution >= 0.6 is 8.03 Å². The highest BCUT2D eigenvalue weighted by Crippen LogP contribution is 2.38. The average molecular weight is 434 g/mol. The highest BCUT2D eigenvalue weighted by atomic mass is 31.1. The first-order chi connectivity index (χ1) is 14.4. The van der Waals surface area contributed by atoms with Crippen molar-refractivity contribution in [3.05, 3.63) is 58.1 Å². The molecule has 3 rings (SSSR count). The van der Waals surface area contributed by atoms with Gasteiger partial charge in [0, 0.05) is 29.7 Å². The summed E-state index contributed by atoms with van der Waals surface area (Å²) in [6, 6.07) is 8.64. The summed E-state index contributed by atoms with van der Waals surface area (Å²) in [5.74, 6) is -0.391. The number of anilines is 1. The van der Waals surface area contributed by atoms with Gasteiger partial charge in [0.15, 0.2) is 6.16 Å². The second-order valence-corrected chi connectivity index (χ2v) is 8.31. The van der Waals surface area contributed by atoms with E-state index in [0.717, 1.165) is 0 Å². The summed E-state index contributed by atoms with van der Waals surface area (Å²) in [5, 5.41) is 12.3. The first kappa shape index (κ1) is 22.2. The molecule has 2 heterocycles. The lowest BCUT2D eigenvalue weighted by molar-refractivity contribution is -0.0311. The molecule has 4 atom stereocenters. The molecule has 1 fully saturated rings. The number of amides is 1. The van der Waals surface area contributed by atoms with E-state index in [1.165, 1.54) is 4.57 Å². The van der Waals surface area contributed by atoms with Gasteiger partial charge in [0.1, 0.15) is 12.0 Å². The van der Waals surface area contributed by atoms with E-state index in [9.17, 15) is 19.3 Å². The van der Waals surface area contributed by atoms with E-state index < -0.39 is 26.0 Å². The number of carbonyl (C=O) groups is 1. The third-order valence-electron chi connectivity index (χ3n) is 4.91. The van der Waals surface area contributed by atoms with Crippen LogP contribution in [0.5, 0.6) is 0 Å². The molecule has 1 amide bonds. The van der Waals surface area contributed by atoms with Crippen molar-refractivity contribution < 1.29 is 23.7 Å². The second kappa shape index (κ2) is 10.0. The van der Waals surface area contributed by atoms with Gasteiger partial charge in [-0.3, -0.25) is 9.36 Å². The molecule has 1 aliphatic heterocycles. The first-order valence-electron chi connectivity index (χ1n) is 9.73. The van der Waals surface area contributed by atoms with Gasteiger partial charge in [-0.05, 0) is 30.5 Å². The molecule has 1 saturated heterocycles. The maximum absolute atomic E-state index is 12.6. The zero-order chi connectivity index (χ0) is 21.7. The van der Waals surface area contributed by atoms with Gasteiger partial charge in [-0.1, -0.05) is 18.2 Å². The normalized spacial score (nSPS) is 21.4. The number of hydrogen-bond acceptors (Lipinski definition) is 7. The molecule has 1 unspecified atom stereocenters. The van der Waals surface area contributed by atoms with Gasteiger partial charge in [0.2, 0.25) is 0 Å². The van der Waals surface area contributed by atoms with Crippen molar-refractivity contribution in [1.29, 1.82) is 0 Å². The molecule has 1 aromatic heterocycles. The van der Waals surface area contributed by atoms with Gasteiger partial charge >= 0.3 is 13.7 Å². The van der Waals surface area contributed by atoms with E-state index in [4.69, 9.17) is 9.26 Å². The average Bonchev–Trinajstić information content (AvgIpc) is 3.13. The molecule has 0 saturated carbocycles. The number of aromatic nitrogens is 2. The van der Waals surface area contributed by atoms with Crippen LogP contribution in [-0.2, 0) is 13.8 Å². The molecule has 1 aliphatic rings. The highest BCUT2D eigenvalue weighted by Gasteiger charge is 2.41. The molecule has 2 aromatic rings. The quantitative estimate of drug-likeness (QED) is 0.613. The number of hydrogen-bond donors (Lipinski definition) is 2. The number of rotatable bonds is 8. The van der Waals surface area contributed by atoms with E-state index in [2.05, 4.69) is 10.3 Å². The fraction of sp³-hybridized carbons (Fsp3) is 0.450. The molecule has 2 N–H and O–H groups in total. The Morgan fingerprint density at radius 3 is 2.80 bits per heavy atom. The molecule has 9 nitrogen and oxygen atoms in total. The van der Waals surface area contributed by atoms with Crippen LogP contribution in [0.3, 0.4) is 0 Å². The van der Waals surface area contributed by atoms with Crippen LogP contribution < -0.4 is 11.0 Å². The number of benzene rings is 1. The molecular weight excluding hydrogens is 409 g/mol. The van der Waals surface area contributed by atoms with Crippen molar-refractivity contribution in [3.8, 4) is 0 Å². The standard InChI is InChI=1S/C20H24N3O6P/c1-3-28-30(27)12-15-9-17(29-16(15)11-24)23-10-13(2)18(22-20(23)26)21-19(25)14-7-5-4-6-8-14/h4-8,10,15-17,24H,3,9,11-12H2,1-2H3/p+1/t15-,16-,17-/m1/s1. The smallest absolute Gasteiger partial charge is 0.394 e. The minimum absolute atomic E-state index is 0.179. The highest BCUT2D eigenvalue weighted by molar-refractivity contribution is 7.39. The van der Waals surface area contributed by atoms with Gasteiger partial charge < -0.3 is 15.2 Å². The van der Waals surface area contributed by atoms with Crippen LogP contribution in [0.4, 0.5) is 5.82 Å². The fourth-order valence-corrected chi connectivity index (χ4v) is 4.56. The summed E-state index contributed by atoms with van der Waals surface area (Å²) in [6.45, 7) is 3.58. The molecule has 0 aliphatic carbocycles. The maximum Gasteiger partial charge on any atom is 0.508 e. The summed E-state index contributed by atoms with van der Waals surface area (Å²) in [4.78, 5) is 28.9. The molecule has 0 bridgehead atoms. The van der Waals surface area contributed by atoms with E-state index in [1.807, 2.05) is 0 Å².